The molecule has 1 aliphatic rings. The van der Waals surface area contributed by atoms with Crippen LogP contribution in [0.4, 0.5) is 5.69 Å². The molecule has 1 fully saturated rings. The monoisotopic (exact) mass is 240 g/mol. The number of nitrogens with one attached hydrogen (secondary N) is 1. The van der Waals surface area contributed by atoms with Gasteiger partial charge in [-0.25, -0.2) is 0 Å². The summed E-state index contributed by atoms with van der Waals surface area (Å²) in [5.41, 5.74) is 0.966. The van der Waals surface area contributed by atoms with Gasteiger partial charge in [-0.1, -0.05) is 0 Å². The van der Waals surface area contributed by atoms with Crippen LogP contribution in [-0.2, 0) is 9.53 Å². The third-order valence-corrected chi connectivity index (χ3v) is 3.50. The fraction of sp³-hybridized carbons (Fsp3) is 0.545. The Bertz CT molecular complexity index is 353. The highest BCUT2D eigenvalue weighted by atomic mass is 32.1. The van der Waals surface area contributed by atoms with E-state index in [1.165, 1.54) is 0 Å². The number of hydrogen-bond acceptors (Lipinski definition) is 4. The summed E-state index contributed by atoms with van der Waals surface area (Å²) in [5.74, 6) is 0.0888. The predicted octanol–water partition coefficient (Wildman–Crippen LogP) is 1.09. The summed E-state index contributed by atoms with van der Waals surface area (Å²) >= 11 is 1.60. The second-order valence-corrected chi connectivity index (χ2v) is 4.59. The van der Waals surface area contributed by atoms with E-state index < -0.39 is 0 Å². The summed E-state index contributed by atoms with van der Waals surface area (Å²) in [4.78, 5) is 14.1. The molecule has 0 spiro atoms. The molecule has 5 heteroatoms. The van der Waals surface area contributed by atoms with Gasteiger partial charge in [0.2, 0.25) is 5.91 Å². The van der Waals surface area contributed by atoms with Crippen LogP contribution < -0.4 is 10.2 Å². The lowest BCUT2D eigenvalue weighted by atomic mass is 10.1. The van der Waals surface area contributed by atoms with Crippen LogP contribution in [0.3, 0.4) is 0 Å². The molecule has 0 aliphatic carbocycles. The molecule has 2 atom stereocenters. The summed E-state index contributed by atoms with van der Waals surface area (Å²) in [6.07, 6.45) is -0.0823. The number of carbonyl (C=O) groups excluding carboxylic acids is 1. The molecule has 88 valence electrons. The zero-order chi connectivity index (χ0) is 11.5. The third kappa shape index (κ3) is 2.11. The summed E-state index contributed by atoms with van der Waals surface area (Å²) < 4.78 is 5.58. The minimum Gasteiger partial charge on any atom is -0.374 e. The van der Waals surface area contributed by atoms with E-state index in [1.807, 2.05) is 23.8 Å². The molecule has 0 bridgehead atoms. The van der Waals surface area contributed by atoms with Gasteiger partial charge >= 0.3 is 0 Å². The third-order valence-electron chi connectivity index (χ3n) is 2.83. The van der Waals surface area contributed by atoms with E-state index >= 15 is 0 Å². The van der Waals surface area contributed by atoms with E-state index in [2.05, 4.69) is 5.32 Å². The normalized spacial score (nSPS) is 26.9. The zero-order valence-electron chi connectivity index (χ0n) is 9.47. The van der Waals surface area contributed by atoms with E-state index in [4.69, 9.17) is 4.74 Å². The van der Waals surface area contributed by atoms with Crippen molar-refractivity contribution in [3.63, 3.8) is 0 Å². The van der Waals surface area contributed by atoms with Crippen LogP contribution in [0.15, 0.2) is 16.8 Å². The van der Waals surface area contributed by atoms with E-state index in [0.717, 1.165) is 5.69 Å². The second kappa shape index (κ2) is 4.95. The van der Waals surface area contributed by atoms with Crippen LogP contribution >= 0.6 is 11.3 Å². The van der Waals surface area contributed by atoms with Crippen molar-refractivity contribution in [2.75, 3.05) is 25.1 Å². The molecule has 0 aromatic carbocycles. The first-order chi connectivity index (χ1) is 7.74. The smallest absolute Gasteiger partial charge is 0.246 e. The van der Waals surface area contributed by atoms with Crippen LogP contribution in [0.1, 0.15) is 6.92 Å². The zero-order valence-corrected chi connectivity index (χ0v) is 10.3. The highest BCUT2D eigenvalue weighted by molar-refractivity contribution is 7.08. The molecule has 2 rings (SSSR count). The van der Waals surface area contributed by atoms with Crippen molar-refractivity contribution in [1.29, 1.82) is 0 Å². The number of carbonyl (C=O) groups is 1. The lowest BCUT2D eigenvalue weighted by Crippen LogP contribution is -2.49. The molecule has 1 aliphatic heterocycles. The van der Waals surface area contributed by atoms with Crippen molar-refractivity contribution >= 4 is 22.9 Å². The Kier molecular flexibility index (Phi) is 3.58. The van der Waals surface area contributed by atoms with E-state index in [1.54, 1.807) is 23.3 Å². The van der Waals surface area contributed by atoms with Gasteiger partial charge in [-0.2, -0.15) is 11.3 Å². The number of likely N-dealkylation sites (N-methyl/N-ethyl adjacent to an activating group) is 1. The molecule has 0 radical (unpaired) electrons. The van der Waals surface area contributed by atoms with Gasteiger partial charge in [0.25, 0.3) is 0 Å². The molecule has 2 unspecified atom stereocenters. The fourth-order valence-corrected chi connectivity index (χ4v) is 2.57. The molecular weight excluding hydrogens is 224 g/mol. The molecule has 1 aromatic heterocycles. The van der Waals surface area contributed by atoms with Gasteiger partial charge in [-0.3, -0.25) is 4.79 Å². The SMILES string of the molecule is CNC1C(=O)N(c2ccsc2)CCOC1C. The van der Waals surface area contributed by atoms with Crippen LogP contribution in [0.2, 0.25) is 0 Å². The van der Waals surface area contributed by atoms with E-state index in [9.17, 15) is 4.79 Å². The maximum atomic E-state index is 12.3. The van der Waals surface area contributed by atoms with Crippen molar-refractivity contribution in [1.82, 2.24) is 5.32 Å². The number of ether oxygens (including phenoxy) is 1. The van der Waals surface area contributed by atoms with Crippen LogP contribution in [0.5, 0.6) is 0 Å². The maximum Gasteiger partial charge on any atom is 0.246 e. The average molecular weight is 240 g/mol. The minimum absolute atomic E-state index is 0.0823. The van der Waals surface area contributed by atoms with Gasteiger partial charge in [-0.15, -0.1) is 0 Å². The highest BCUT2D eigenvalue weighted by Crippen LogP contribution is 2.21. The molecule has 2 heterocycles. The molecule has 4 nitrogen and oxygen atoms in total. The Balaban J connectivity index is 2.23. The fourth-order valence-electron chi connectivity index (χ4n) is 1.93. The Morgan fingerprint density at radius 2 is 2.44 bits per heavy atom. The van der Waals surface area contributed by atoms with Crippen molar-refractivity contribution in [3.05, 3.63) is 16.8 Å². The van der Waals surface area contributed by atoms with Crippen molar-refractivity contribution in [2.24, 2.45) is 0 Å². The standard InChI is InChI=1S/C11H16N2O2S/c1-8-10(12-2)11(14)13(4-5-15-8)9-3-6-16-7-9/h3,6-8,10,12H,4-5H2,1-2H3. The number of hydrogen-bond donors (Lipinski definition) is 1. The van der Waals surface area contributed by atoms with Gasteiger partial charge < -0.3 is 15.0 Å². The Morgan fingerprint density at radius 3 is 3.06 bits per heavy atom. The molecule has 1 N–H and O–H groups in total. The summed E-state index contributed by atoms with van der Waals surface area (Å²) in [6, 6.07) is 1.70. The van der Waals surface area contributed by atoms with Gasteiger partial charge in [0.05, 0.1) is 18.4 Å². The Morgan fingerprint density at radius 1 is 1.62 bits per heavy atom. The summed E-state index contributed by atoms with van der Waals surface area (Å²) in [7, 11) is 1.79. The van der Waals surface area contributed by atoms with Crippen LogP contribution in [0, 0.1) is 0 Å². The lowest BCUT2D eigenvalue weighted by molar-refractivity contribution is -0.122. The Hall–Kier alpha value is -0.910. The maximum absolute atomic E-state index is 12.3. The predicted molar refractivity (Wildman–Crippen MR) is 64.9 cm³/mol. The van der Waals surface area contributed by atoms with Crippen LogP contribution in [0.25, 0.3) is 0 Å². The van der Waals surface area contributed by atoms with Crippen molar-refractivity contribution < 1.29 is 9.53 Å². The number of rotatable bonds is 2. The van der Waals surface area contributed by atoms with Gasteiger partial charge in [0.1, 0.15) is 6.04 Å². The van der Waals surface area contributed by atoms with Crippen molar-refractivity contribution in [3.8, 4) is 0 Å². The highest BCUT2D eigenvalue weighted by Gasteiger charge is 2.32. The quantitative estimate of drug-likeness (QED) is 0.841. The number of anilines is 1. The first-order valence-electron chi connectivity index (χ1n) is 5.36. The molecule has 1 amide bonds. The first kappa shape index (κ1) is 11.6. The molecule has 0 saturated carbocycles. The van der Waals surface area contributed by atoms with E-state index in [0.29, 0.717) is 13.2 Å². The van der Waals surface area contributed by atoms with E-state index in [-0.39, 0.29) is 18.1 Å². The van der Waals surface area contributed by atoms with Gasteiger partial charge in [-0.05, 0) is 25.4 Å². The summed E-state index contributed by atoms with van der Waals surface area (Å²) in [5, 5.41) is 6.99. The Labute approximate surface area is 99.2 Å². The van der Waals surface area contributed by atoms with Gasteiger partial charge in [0, 0.05) is 11.9 Å². The number of nitrogens with zero attached hydrogens (tertiary/aromatic N) is 1. The van der Waals surface area contributed by atoms with Crippen molar-refractivity contribution in [2.45, 2.75) is 19.1 Å². The van der Waals surface area contributed by atoms with Gasteiger partial charge in [0.15, 0.2) is 0 Å². The molecule has 1 saturated heterocycles. The number of amides is 1. The minimum atomic E-state index is -0.262. The molecule has 1 aromatic rings. The number of thiophene rings is 1. The lowest BCUT2D eigenvalue weighted by Gasteiger charge is -2.24. The summed E-state index contributed by atoms with van der Waals surface area (Å²) in [6.45, 7) is 3.13. The van der Waals surface area contributed by atoms with Crippen LogP contribution in [-0.4, -0.2) is 38.3 Å². The second-order valence-electron chi connectivity index (χ2n) is 3.81. The average Bonchev–Trinajstić information content (AvgIpc) is 2.74. The molecular formula is C11H16N2O2S. The topological polar surface area (TPSA) is 41.6 Å². The molecule has 16 heavy (non-hydrogen) atoms. The largest absolute Gasteiger partial charge is 0.374 e. The first-order valence-corrected chi connectivity index (χ1v) is 6.30.